The van der Waals surface area contributed by atoms with Gasteiger partial charge < -0.3 is 14.7 Å². The molecule has 11 nitrogen and oxygen atoms in total. The van der Waals surface area contributed by atoms with E-state index in [2.05, 4.69) is 5.43 Å². The molecule has 0 bridgehead atoms. The van der Waals surface area contributed by atoms with Gasteiger partial charge in [-0.25, -0.2) is 0 Å². The minimum absolute atomic E-state index is 0.0120. The summed E-state index contributed by atoms with van der Waals surface area (Å²) in [7, 11) is 0. The first kappa shape index (κ1) is 25.8. The fourth-order valence-corrected chi connectivity index (χ4v) is 3.60. The van der Waals surface area contributed by atoms with Crippen molar-refractivity contribution in [3.8, 4) is 5.75 Å². The van der Waals surface area contributed by atoms with Gasteiger partial charge in [-0.2, -0.15) is 5.43 Å². The number of nitrogens with one attached hydrogen (secondary N) is 1. The summed E-state index contributed by atoms with van der Waals surface area (Å²) >= 11 is 0. The molecule has 2 aromatic rings. The van der Waals surface area contributed by atoms with Crippen LogP contribution in [0.25, 0.3) is 0 Å². The number of esters is 1. The van der Waals surface area contributed by atoms with Gasteiger partial charge >= 0.3 is 11.9 Å². The van der Waals surface area contributed by atoms with Crippen LogP contribution in [0, 0.1) is 15.3 Å². The van der Waals surface area contributed by atoms with Crippen molar-refractivity contribution in [1.82, 2.24) is 5.43 Å². The van der Waals surface area contributed by atoms with Crippen LogP contribution in [0.1, 0.15) is 37.7 Å². The summed E-state index contributed by atoms with van der Waals surface area (Å²) in [4.78, 5) is 46.3. The summed E-state index contributed by atoms with van der Waals surface area (Å²) in [5, 5.41) is 23.4. The van der Waals surface area contributed by atoms with Crippen LogP contribution in [0.4, 0.5) is 5.69 Å². The fourth-order valence-electron chi connectivity index (χ4n) is 3.60. The van der Waals surface area contributed by atoms with Crippen LogP contribution < -0.4 is 10.2 Å². The molecule has 1 fully saturated rings. The van der Waals surface area contributed by atoms with Gasteiger partial charge in [-0.15, -0.1) is 0 Å². The van der Waals surface area contributed by atoms with Crippen molar-refractivity contribution < 1.29 is 33.5 Å². The average Bonchev–Trinajstić information content (AvgIpc) is 2.85. The fraction of sp³-hybridized carbons (Fsp3) is 0.375. The van der Waals surface area contributed by atoms with E-state index in [-0.39, 0.29) is 50.5 Å². The van der Waals surface area contributed by atoms with E-state index >= 15 is 0 Å². The number of ketones is 1. The monoisotopic (exact) mass is 485 g/mol. The molecule has 1 aliphatic heterocycles. The topological polar surface area (TPSA) is 148 Å². The molecule has 0 aromatic heterocycles. The van der Waals surface area contributed by atoms with Crippen LogP contribution in [0.5, 0.6) is 5.75 Å². The Kier molecular flexibility index (Phi) is 8.87. The van der Waals surface area contributed by atoms with Crippen LogP contribution in [0.15, 0.2) is 54.6 Å². The summed E-state index contributed by atoms with van der Waals surface area (Å²) in [6.45, 7) is -0.0955. The van der Waals surface area contributed by atoms with E-state index < -0.39 is 27.6 Å². The summed E-state index contributed by atoms with van der Waals surface area (Å²) in [5.41, 5.74) is 2.96. The Morgan fingerprint density at radius 1 is 1.03 bits per heavy atom. The number of nitrogens with zero attached hydrogens (tertiary/aromatic N) is 2. The predicted molar refractivity (Wildman–Crippen MR) is 123 cm³/mol. The van der Waals surface area contributed by atoms with E-state index in [9.17, 15) is 29.7 Å². The van der Waals surface area contributed by atoms with Gasteiger partial charge in [-0.05, 0) is 29.8 Å². The minimum atomic E-state index is -0.887. The molecule has 1 amide bonds. The molecule has 0 radical (unpaired) electrons. The third kappa shape index (κ3) is 7.87. The Bertz CT molecular complexity index is 1040. The number of hydroxylamine groups is 2. The standard InChI is InChI=1S/C24H27N3O8/c28-21(12-13-24(30)35-16-18-6-8-19(9-7-18)26(31)32)11-10-20-14-15-27(20,33)25-23(29)17-34-22-4-2-1-3-5-22/h1-9,20H,10-17H2,(H,25,29). The number of amides is 1. The maximum Gasteiger partial charge on any atom is 0.306 e. The third-order valence-corrected chi connectivity index (χ3v) is 5.72. The van der Waals surface area contributed by atoms with Gasteiger partial charge in [0.1, 0.15) is 30.7 Å². The second-order valence-electron chi connectivity index (χ2n) is 8.26. The van der Waals surface area contributed by atoms with Crippen LogP contribution >= 0.6 is 0 Å². The molecule has 2 unspecified atom stereocenters. The number of benzene rings is 2. The van der Waals surface area contributed by atoms with Crippen molar-refractivity contribution in [2.45, 2.75) is 44.8 Å². The highest BCUT2D eigenvalue weighted by atomic mass is 16.6. The van der Waals surface area contributed by atoms with Gasteiger partial charge in [0.05, 0.1) is 17.8 Å². The van der Waals surface area contributed by atoms with Crippen molar-refractivity contribution in [2.24, 2.45) is 0 Å². The summed E-state index contributed by atoms with van der Waals surface area (Å²) < 4.78 is 9.55. The number of rotatable bonds is 13. The Morgan fingerprint density at radius 2 is 1.74 bits per heavy atom. The molecule has 35 heavy (non-hydrogen) atoms. The average molecular weight is 485 g/mol. The third-order valence-electron chi connectivity index (χ3n) is 5.72. The maximum absolute atomic E-state index is 12.8. The lowest BCUT2D eigenvalue weighted by Crippen LogP contribution is -2.70. The zero-order chi connectivity index (χ0) is 25.3. The van der Waals surface area contributed by atoms with Crippen molar-refractivity contribution >= 4 is 23.3 Å². The number of Topliss-reactive ketones (excluding diaryl/α,β-unsaturated/α-hetero) is 1. The second-order valence-corrected chi connectivity index (χ2v) is 8.26. The Hall–Kier alpha value is -3.83. The molecule has 2 atom stereocenters. The van der Waals surface area contributed by atoms with Crippen LogP contribution in [-0.4, -0.2) is 46.5 Å². The largest absolute Gasteiger partial charge is 0.606 e. The number of carbonyl (C=O) groups is 3. The Morgan fingerprint density at radius 3 is 2.37 bits per heavy atom. The van der Waals surface area contributed by atoms with E-state index in [1.165, 1.54) is 24.3 Å². The predicted octanol–water partition coefficient (Wildman–Crippen LogP) is 2.96. The van der Waals surface area contributed by atoms with Crippen LogP contribution in [-0.2, 0) is 25.7 Å². The summed E-state index contributed by atoms with van der Waals surface area (Å²) in [5.74, 6) is -0.734. The number of non-ortho nitro benzene ring substituents is 1. The number of nitro benzene ring substituents is 1. The summed E-state index contributed by atoms with van der Waals surface area (Å²) in [6.07, 6.45) is 0.913. The highest BCUT2D eigenvalue weighted by molar-refractivity contribution is 5.83. The van der Waals surface area contributed by atoms with E-state index in [1.54, 1.807) is 24.3 Å². The minimum Gasteiger partial charge on any atom is -0.606 e. The zero-order valence-electron chi connectivity index (χ0n) is 19.1. The van der Waals surface area contributed by atoms with Gasteiger partial charge in [0.15, 0.2) is 6.61 Å². The molecular formula is C24H27N3O8. The normalized spacial score (nSPS) is 18.7. The van der Waals surface area contributed by atoms with Gasteiger partial charge in [0, 0.05) is 31.4 Å². The van der Waals surface area contributed by atoms with E-state index in [4.69, 9.17) is 9.47 Å². The van der Waals surface area contributed by atoms with E-state index in [0.717, 1.165) is 0 Å². The molecule has 0 aliphatic carbocycles. The first-order chi connectivity index (χ1) is 16.7. The molecule has 186 valence electrons. The first-order valence-corrected chi connectivity index (χ1v) is 11.2. The smallest absolute Gasteiger partial charge is 0.306 e. The van der Waals surface area contributed by atoms with Crippen LogP contribution in [0.3, 0.4) is 0 Å². The van der Waals surface area contributed by atoms with Gasteiger partial charge in [0.2, 0.25) is 0 Å². The summed E-state index contributed by atoms with van der Waals surface area (Å²) in [6, 6.07) is 14.0. The van der Waals surface area contributed by atoms with Gasteiger partial charge in [-0.1, -0.05) is 18.2 Å². The molecule has 0 spiro atoms. The number of para-hydroxylation sites is 1. The van der Waals surface area contributed by atoms with Gasteiger partial charge in [-0.3, -0.25) is 29.3 Å². The Labute approximate surface area is 201 Å². The molecule has 2 aromatic carbocycles. The van der Waals surface area contributed by atoms with Gasteiger partial charge in [0.25, 0.3) is 5.69 Å². The van der Waals surface area contributed by atoms with E-state index in [1.807, 2.05) is 6.07 Å². The lowest BCUT2D eigenvalue weighted by molar-refractivity contribution is -0.978. The molecule has 1 aliphatic rings. The van der Waals surface area contributed by atoms with Crippen molar-refractivity contribution in [1.29, 1.82) is 0 Å². The highest BCUT2D eigenvalue weighted by Crippen LogP contribution is 2.28. The molecular weight excluding hydrogens is 458 g/mol. The molecule has 1 N–H and O–H groups in total. The quantitative estimate of drug-likeness (QED) is 0.150. The number of ether oxygens (including phenoxy) is 2. The highest BCUT2D eigenvalue weighted by Gasteiger charge is 2.41. The van der Waals surface area contributed by atoms with Crippen molar-refractivity contribution in [3.05, 3.63) is 75.5 Å². The number of hydrogen-bond donors (Lipinski definition) is 1. The molecule has 0 saturated carbocycles. The first-order valence-electron chi connectivity index (χ1n) is 11.2. The van der Waals surface area contributed by atoms with Crippen LogP contribution in [0.2, 0.25) is 0 Å². The van der Waals surface area contributed by atoms with Crippen molar-refractivity contribution in [2.75, 3.05) is 13.2 Å². The zero-order valence-corrected chi connectivity index (χ0v) is 19.1. The number of quaternary nitrogens is 1. The maximum atomic E-state index is 12.8. The number of carbonyl (C=O) groups excluding carboxylic acids is 3. The lowest BCUT2D eigenvalue weighted by atomic mass is 9.97. The van der Waals surface area contributed by atoms with E-state index in [0.29, 0.717) is 24.2 Å². The molecule has 1 saturated heterocycles. The molecule has 11 heteroatoms. The number of hydrogen-bond acceptors (Lipinski definition) is 8. The molecule has 1 heterocycles. The molecule has 3 rings (SSSR count). The SMILES string of the molecule is O=C(CCC(=O)OCc1ccc([N+](=O)[O-])cc1)CCC1CC[N+]1([O-])NC(=O)COc1ccccc1. The lowest BCUT2D eigenvalue weighted by Gasteiger charge is -2.54. The van der Waals surface area contributed by atoms with Crippen molar-refractivity contribution in [3.63, 3.8) is 0 Å². The Balaban J connectivity index is 1.31. The number of nitro groups is 1. The second kappa shape index (κ2) is 12.0.